The van der Waals surface area contributed by atoms with Crippen LogP contribution in [0.3, 0.4) is 0 Å². The molecule has 2 amide bonds. The monoisotopic (exact) mass is 426 g/mol. The third-order valence-corrected chi connectivity index (χ3v) is 4.66. The molecule has 0 aliphatic carbocycles. The van der Waals surface area contributed by atoms with Crippen LogP contribution < -0.4 is 15.4 Å². The number of halogens is 3. The Balaban J connectivity index is 1.54. The first kappa shape index (κ1) is 20.3. The van der Waals surface area contributed by atoms with Gasteiger partial charge in [0.1, 0.15) is 5.75 Å². The number of fused-ring (bicyclic) bond motifs is 1. The fourth-order valence-corrected chi connectivity index (χ4v) is 3.22. The third-order valence-electron chi connectivity index (χ3n) is 4.66. The lowest BCUT2D eigenvalue weighted by Crippen LogP contribution is -2.20. The lowest BCUT2D eigenvalue weighted by molar-refractivity contribution is -0.137. The van der Waals surface area contributed by atoms with E-state index in [1.165, 1.54) is 7.11 Å². The van der Waals surface area contributed by atoms with E-state index in [1.807, 2.05) is 35.0 Å². The van der Waals surface area contributed by atoms with Gasteiger partial charge in [-0.2, -0.15) is 13.2 Å². The minimum absolute atomic E-state index is 0.0836. The molecule has 4 rings (SSSR count). The number of ether oxygens (including phenoxy) is 1. The molecule has 2 N–H and O–H groups in total. The molecule has 0 aliphatic rings. The Labute approximate surface area is 175 Å². The second-order valence-electron chi connectivity index (χ2n) is 6.66. The number of nitrogens with one attached hydrogen (secondary N) is 2. The molecule has 0 saturated carbocycles. The maximum absolute atomic E-state index is 13.0. The largest absolute Gasteiger partial charge is 0.495 e. The molecule has 2 heterocycles. The number of urea groups is 1. The highest BCUT2D eigenvalue weighted by Gasteiger charge is 2.31. The van der Waals surface area contributed by atoms with E-state index in [4.69, 9.17) is 4.74 Å². The second-order valence-corrected chi connectivity index (χ2v) is 6.66. The Kier molecular flexibility index (Phi) is 5.24. The van der Waals surface area contributed by atoms with E-state index >= 15 is 0 Å². The lowest BCUT2D eigenvalue weighted by atomic mass is 10.2. The Morgan fingerprint density at radius 3 is 2.48 bits per heavy atom. The first-order valence-corrected chi connectivity index (χ1v) is 9.20. The zero-order valence-electron chi connectivity index (χ0n) is 16.3. The van der Waals surface area contributed by atoms with Crippen molar-refractivity contribution in [3.63, 3.8) is 0 Å². The van der Waals surface area contributed by atoms with Crippen molar-refractivity contribution < 1.29 is 22.7 Å². The van der Waals surface area contributed by atoms with Gasteiger partial charge in [0.15, 0.2) is 0 Å². The van der Waals surface area contributed by atoms with E-state index in [-0.39, 0.29) is 11.4 Å². The summed E-state index contributed by atoms with van der Waals surface area (Å²) in [5.74, 6) is 0.119. The average molecular weight is 426 g/mol. The molecular formula is C22H17F3N4O2. The van der Waals surface area contributed by atoms with Crippen LogP contribution in [0.4, 0.5) is 29.3 Å². The van der Waals surface area contributed by atoms with E-state index in [2.05, 4.69) is 15.6 Å². The molecule has 158 valence electrons. The molecule has 0 bridgehead atoms. The first-order chi connectivity index (χ1) is 14.8. The molecule has 0 spiro atoms. The molecule has 0 fully saturated rings. The van der Waals surface area contributed by atoms with Crippen molar-refractivity contribution in [1.29, 1.82) is 0 Å². The molecule has 6 nitrogen and oxygen atoms in total. The normalized spacial score (nSPS) is 11.4. The second kappa shape index (κ2) is 8.02. The van der Waals surface area contributed by atoms with Crippen molar-refractivity contribution in [3.8, 4) is 11.4 Å². The van der Waals surface area contributed by atoms with Gasteiger partial charge >= 0.3 is 12.2 Å². The molecule has 31 heavy (non-hydrogen) atoms. The number of hydrogen-bond donors (Lipinski definition) is 2. The molecule has 0 aliphatic heterocycles. The number of anilines is 2. The molecule has 4 aromatic rings. The van der Waals surface area contributed by atoms with Crippen LogP contribution in [-0.4, -0.2) is 22.7 Å². The summed E-state index contributed by atoms with van der Waals surface area (Å²) in [6, 6.07) is 13.2. The Morgan fingerprint density at radius 2 is 1.77 bits per heavy atom. The molecular weight excluding hydrogens is 409 g/mol. The summed E-state index contributed by atoms with van der Waals surface area (Å²) < 4.78 is 46.0. The lowest BCUT2D eigenvalue weighted by Gasteiger charge is -2.14. The number of hydrogen-bond acceptors (Lipinski definition) is 3. The van der Waals surface area contributed by atoms with E-state index in [0.29, 0.717) is 5.69 Å². The zero-order chi connectivity index (χ0) is 22.0. The number of pyridine rings is 1. The predicted molar refractivity (Wildman–Crippen MR) is 112 cm³/mol. The molecule has 9 heteroatoms. The number of amides is 2. The van der Waals surface area contributed by atoms with Crippen molar-refractivity contribution in [2.45, 2.75) is 6.18 Å². The predicted octanol–water partition coefficient (Wildman–Crippen LogP) is 5.70. The smallest absolute Gasteiger partial charge is 0.416 e. The standard InChI is InChI=1S/C22H17F3N4O2/c1-31-20-5-2-15(22(23,24)25)13-18(20)28-21(30)27-16-3-4-19-14(12-16)8-11-29(19)17-6-9-26-10-7-17/h2-13H,1H3,(H2,27,28,30). The average Bonchev–Trinajstić information content (AvgIpc) is 3.17. The number of benzene rings is 2. The highest BCUT2D eigenvalue weighted by Crippen LogP contribution is 2.35. The van der Waals surface area contributed by atoms with E-state index in [9.17, 15) is 18.0 Å². The summed E-state index contributed by atoms with van der Waals surface area (Å²) >= 11 is 0. The van der Waals surface area contributed by atoms with Crippen LogP contribution >= 0.6 is 0 Å². The Bertz CT molecular complexity index is 1240. The number of methoxy groups -OCH3 is 1. The minimum atomic E-state index is -4.54. The fourth-order valence-electron chi connectivity index (χ4n) is 3.22. The number of carbonyl (C=O) groups is 1. The van der Waals surface area contributed by atoms with Gasteiger partial charge in [-0.05, 0) is 54.6 Å². The maximum atomic E-state index is 13.0. The molecule has 0 radical (unpaired) electrons. The van der Waals surface area contributed by atoms with Crippen LogP contribution in [0.15, 0.2) is 73.2 Å². The van der Waals surface area contributed by atoms with Gasteiger partial charge in [0.25, 0.3) is 0 Å². The van der Waals surface area contributed by atoms with Gasteiger partial charge in [0.2, 0.25) is 0 Å². The quantitative estimate of drug-likeness (QED) is 0.440. The molecule has 0 saturated heterocycles. The summed E-state index contributed by atoms with van der Waals surface area (Å²) in [5.41, 5.74) is 1.39. The van der Waals surface area contributed by atoms with Gasteiger partial charge in [-0.3, -0.25) is 4.98 Å². The molecule has 2 aromatic carbocycles. The highest BCUT2D eigenvalue weighted by atomic mass is 19.4. The SMILES string of the molecule is COc1ccc(C(F)(F)F)cc1NC(=O)Nc1ccc2c(ccn2-c2ccncc2)c1. The van der Waals surface area contributed by atoms with Gasteiger partial charge in [0, 0.05) is 35.4 Å². The Hall–Kier alpha value is -4.01. The van der Waals surface area contributed by atoms with Gasteiger partial charge in [-0.25, -0.2) is 4.79 Å². The minimum Gasteiger partial charge on any atom is -0.495 e. The molecule has 0 unspecified atom stereocenters. The van der Waals surface area contributed by atoms with Crippen molar-refractivity contribution >= 4 is 28.3 Å². The van der Waals surface area contributed by atoms with Crippen molar-refractivity contribution in [2.75, 3.05) is 17.7 Å². The number of aromatic nitrogens is 2. The van der Waals surface area contributed by atoms with Crippen molar-refractivity contribution in [1.82, 2.24) is 9.55 Å². The van der Waals surface area contributed by atoms with Crippen LogP contribution in [0.25, 0.3) is 16.6 Å². The first-order valence-electron chi connectivity index (χ1n) is 9.20. The molecule has 2 aromatic heterocycles. The van der Waals surface area contributed by atoms with Crippen LogP contribution in [0.1, 0.15) is 5.56 Å². The summed E-state index contributed by atoms with van der Waals surface area (Å²) in [6.07, 6.45) is 0.760. The Morgan fingerprint density at radius 1 is 1.00 bits per heavy atom. The highest BCUT2D eigenvalue weighted by molar-refractivity contribution is 6.02. The van der Waals surface area contributed by atoms with Gasteiger partial charge in [-0.1, -0.05) is 0 Å². The number of carbonyl (C=O) groups excluding carboxylic acids is 1. The zero-order valence-corrected chi connectivity index (χ0v) is 16.3. The van der Waals surface area contributed by atoms with Crippen LogP contribution in [-0.2, 0) is 6.18 Å². The van der Waals surface area contributed by atoms with Gasteiger partial charge in [-0.15, -0.1) is 0 Å². The number of rotatable bonds is 4. The fraction of sp³-hybridized carbons (Fsp3) is 0.0909. The summed E-state index contributed by atoms with van der Waals surface area (Å²) in [7, 11) is 1.31. The van der Waals surface area contributed by atoms with Crippen LogP contribution in [0, 0.1) is 0 Å². The van der Waals surface area contributed by atoms with E-state index in [0.717, 1.165) is 34.8 Å². The summed E-state index contributed by atoms with van der Waals surface area (Å²) in [6.45, 7) is 0. The van der Waals surface area contributed by atoms with Crippen molar-refractivity contribution in [3.05, 3.63) is 78.8 Å². The topological polar surface area (TPSA) is 68.2 Å². The van der Waals surface area contributed by atoms with Gasteiger partial charge < -0.3 is 19.9 Å². The molecule has 0 atom stereocenters. The van der Waals surface area contributed by atoms with Crippen LogP contribution in [0.2, 0.25) is 0 Å². The summed E-state index contributed by atoms with van der Waals surface area (Å²) in [5, 5.41) is 5.93. The number of alkyl halides is 3. The van der Waals surface area contributed by atoms with Crippen LogP contribution in [0.5, 0.6) is 5.75 Å². The summed E-state index contributed by atoms with van der Waals surface area (Å²) in [4.78, 5) is 16.4. The van der Waals surface area contributed by atoms with Crippen molar-refractivity contribution in [2.24, 2.45) is 0 Å². The van der Waals surface area contributed by atoms with E-state index < -0.39 is 17.8 Å². The van der Waals surface area contributed by atoms with E-state index in [1.54, 1.807) is 24.5 Å². The number of nitrogens with zero attached hydrogens (tertiary/aromatic N) is 2. The van der Waals surface area contributed by atoms with Gasteiger partial charge in [0.05, 0.1) is 23.9 Å². The maximum Gasteiger partial charge on any atom is 0.416 e. The third kappa shape index (κ3) is 4.30.